The van der Waals surface area contributed by atoms with Gasteiger partial charge >= 0.3 is 7.37 Å². The number of hydrogen-bond donors (Lipinski definition) is 0. The molecule has 0 aliphatic carbocycles. The zero-order chi connectivity index (χ0) is 19.8. The van der Waals surface area contributed by atoms with Crippen LogP contribution >= 0.6 is 7.37 Å². The Kier molecular flexibility index (Phi) is 7.73. The average molecular weight is 402 g/mol. The predicted octanol–water partition coefficient (Wildman–Crippen LogP) is 6.35. The highest BCUT2D eigenvalue weighted by Gasteiger charge is 2.44. The number of rotatable bonds is 11. The van der Waals surface area contributed by atoms with Crippen LogP contribution in [0.5, 0.6) is 5.75 Å². The third-order valence-corrected chi connectivity index (χ3v) is 7.33. The van der Waals surface area contributed by atoms with E-state index < -0.39 is 13.4 Å². The Labute approximate surface area is 168 Å². The Balaban J connectivity index is 1.89. The van der Waals surface area contributed by atoms with E-state index in [4.69, 9.17) is 14.0 Å². The number of unbranched alkanes of at least 4 members (excludes halogenated alkanes) is 4. The Morgan fingerprint density at radius 1 is 0.821 bits per heavy atom. The van der Waals surface area contributed by atoms with Gasteiger partial charge in [0.15, 0.2) is 0 Å². The van der Waals surface area contributed by atoms with E-state index in [1.54, 1.807) is 0 Å². The first-order valence-electron chi connectivity index (χ1n) is 10.4. The van der Waals surface area contributed by atoms with Gasteiger partial charge in [0.1, 0.15) is 5.75 Å². The van der Waals surface area contributed by atoms with Crippen LogP contribution in [0.2, 0.25) is 0 Å². The number of benzene rings is 2. The molecule has 3 rings (SSSR count). The molecule has 0 saturated carbocycles. The summed E-state index contributed by atoms with van der Waals surface area (Å²) >= 11 is 0. The van der Waals surface area contributed by atoms with Gasteiger partial charge in [-0.25, -0.2) is 0 Å². The number of fused-ring (bicyclic) bond motifs is 3. The molecule has 2 aromatic rings. The SMILES string of the molecule is CCCCCOC(OCCCCC)P1(=O)Oc2ccccc2-c2ccccc21. The van der Waals surface area contributed by atoms with Crippen molar-refractivity contribution in [2.45, 2.75) is 58.4 Å². The first-order chi connectivity index (χ1) is 13.7. The van der Waals surface area contributed by atoms with Crippen molar-refractivity contribution in [1.82, 2.24) is 0 Å². The van der Waals surface area contributed by atoms with Gasteiger partial charge in [-0.2, -0.15) is 0 Å². The number of para-hydroxylation sites is 1. The van der Waals surface area contributed by atoms with Crippen molar-refractivity contribution in [2.24, 2.45) is 0 Å². The van der Waals surface area contributed by atoms with Crippen molar-refractivity contribution in [3.05, 3.63) is 48.5 Å². The van der Waals surface area contributed by atoms with Crippen LogP contribution in [-0.4, -0.2) is 19.2 Å². The molecule has 0 amide bonds. The van der Waals surface area contributed by atoms with Gasteiger partial charge < -0.3 is 14.0 Å². The summed E-state index contributed by atoms with van der Waals surface area (Å²) in [6.45, 7) is 5.34. The minimum Gasteiger partial charge on any atom is -0.436 e. The van der Waals surface area contributed by atoms with E-state index in [-0.39, 0.29) is 0 Å². The molecule has 0 N–H and O–H groups in total. The molecule has 1 aliphatic rings. The fourth-order valence-electron chi connectivity index (χ4n) is 3.41. The summed E-state index contributed by atoms with van der Waals surface area (Å²) in [6, 6.07) is 14.6. The van der Waals surface area contributed by atoms with E-state index in [1.807, 2.05) is 48.5 Å². The summed E-state index contributed by atoms with van der Waals surface area (Å²) in [5.74, 6) is 0.629. The zero-order valence-electron chi connectivity index (χ0n) is 16.9. The summed E-state index contributed by atoms with van der Waals surface area (Å²) < 4.78 is 32.4. The minimum absolute atomic E-state index is 0.517. The smallest absolute Gasteiger partial charge is 0.332 e. The molecule has 0 radical (unpaired) electrons. The standard InChI is InChI=1S/C23H31O4P/c1-3-5-11-17-25-23(26-18-12-6-4-2)28(24)22-16-10-8-14-20(22)19-13-7-9-15-21(19)27-28/h7-10,13-16,23H,3-6,11-12,17-18H2,1-2H3. The zero-order valence-corrected chi connectivity index (χ0v) is 17.8. The van der Waals surface area contributed by atoms with Crippen LogP contribution in [0, 0.1) is 0 Å². The number of ether oxygens (including phenoxy) is 2. The summed E-state index contributed by atoms with van der Waals surface area (Å²) in [7, 11) is -3.39. The molecule has 1 atom stereocenters. The lowest BCUT2D eigenvalue weighted by Crippen LogP contribution is -2.30. The Morgan fingerprint density at radius 3 is 2.04 bits per heavy atom. The summed E-state index contributed by atoms with van der Waals surface area (Å²) in [5.41, 5.74) is 1.90. The second kappa shape index (κ2) is 10.2. The highest BCUT2D eigenvalue weighted by atomic mass is 31.2. The van der Waals surface area contributed by atoms with Crippen LogP contribution in [-0.2, 0) is 14.0 Å². The van der Waals surface area contributed by atoms with Gasteiger partial charge in [0.05, 0.1) is 18.5 Å². The lowest BCUT2D eigenvalue weighted by molar-refractivity contribution is -0.0947. The minimum atomic E-state index is -3.39. The second-order valence-corrected chi connectivity index (χ2v) is 9.44. The summed E-state index contributed by atoms with van der Waals surface area (Å²) in [6.07, 6.45) is 6.21. The maximum atomic E-state index is 14.2. The van der Waals surface area contributed by atoms with E-state index in [2.05, 4.69) is 13.8 Å². The molecule has 0 spiro atoms. The van der Waals surface area contributed by atoms with E-state index >= 15 is 0 Å². The lowest BCUT2D eigenvalue weighted by Gasteiger charge is -2.33. The topological polar surface area (TPSA) is 44.8 Å². The molecule has 1 aliphatic heterocycles. The lowest BCUT2D eigenvalue weighted by atomic mass is 10.0. The van der Waals surface area contributed by atoms with Crippen molar-refractivity contribution in [3.63, 3.8) is 0 Å². The molecule has 0 aromatic heterocycles. The van der Waals surface area contributed by atoms with Crippen LogP contribution in [0.15, 0.2) is 48.5 Å². The quantitative estimate of drug-likeness (QED) is 0.250. The van der Waals surface area contributed by atoms with Gasteiger partial charge in [0, 0.05) is 5.56 Å². The third kappa shape index (κ3) is 4.68. The van der Waals surface area contributed by atoms with Crippen molar-refractivity contribution >= 4 is 12.7 Å². The molecule has 5 heteroatoms. The van der Waals surface area contributed by atoms with Crippen molar-refractivity contribution < 1.29 is 18.6 Å². The Bertz CT molecular complexity index is 793. The molecule has 4 nitrogen and oxygen atoms in total. The van der Waals surface area contributed by atoms with Gasteiger partial charge in [-0.15, -0.1) is 0 Å². The number of hydrogen-bond acceptors (Lipinski definition) is 4. The first-order valence-corrected chi connectivity index (χ1v) is 12.1. The monoisotopic (exact) mass is 402 g/mol. The van der Waals surface area contributed by atoms with Gasteiger partial charge in [-0.3, -0.25) is 4.57 Å². The fourth-order valence-corrected chi connectivity index (χ4v) is 5.70. The molecule has 2 aromatic carbocycles. The maximum absolute atomic E-state index is 14.2. The average Bonchev–Trinajstić information content (AvgIpc) is 2.73. The molecule has 1 heterocycles. The highest BCUT2D eigenvalue weighted by molar-refractivity contribution is 7.68. The van der Waals surface area contributed by atoms with E-state index in [0.29, 0.717) is 24.3 Å². The van der Waals surface area contributed by atoms with E-state index in [0.717, 1.165) is 49.7 Å². The normalized spacial score (nSPS) is 17.8. The van der Waals surface area contributed by atoms with Gasteiger partial charge in [-0.1, -0.05) is 75.9 Å². The van der Waals surface area contributed by atoms with Crippen LogP contribution in [0.3, 0.4) is 0 Å². The molecule has 0 fully saturated rings. The molecule has 0 bridgehead atoms. The molecular weight excluding hydrogens is 371 g/mol. The molecule has 28 heavy (non-hydrogen) atoms. The van der Waals surface area contributed by atoms with Crippen LogP contribution < -0.4 is 9.83 Å². The van der Waals surface area contributed by atoms with Gasteiger partial charge in [0.25, 0.3) is 6.03 Å². The van der Waals surface area contributed by atoms with Crippen LogP contribution in [0.4, 0.5) is 0 Å². The molecule has 152 valence electrons. The van der Waals surface area contributed by atoms with Crippen LogP contribution in [0.25, 0.3) is 11.1 Å². The second-order valence-electron chi connectivity index (χ2n) is 7.16. The fraction of sp³-hybridized carbons (Fsp3) is 0.478. The predicted molar refractivity (Wildman–Crippen MR) is 114 cm³/mol. The van der Waals surface area contributed by atoms with E-state index in [9.17, 15) is 4.57 Å². The van der Waals surface area contributed by atoms with Crippen molar-refractivity contribution in [2.75, 3.05) is 13.2 Å². The van der Waals surface area contributed by atoms with E-state index in [1.165, 1.54) is 0 Å². The van der Waals surface area contributed by atoms with Crippen molar-refractivity contribution in [1.29, 1.82) is 0 Å². The first kappa shape index (κ1) is 21.1. The van der Waals surface area contributed by atoms with Crippen LogP contribution in [0.1, 0.15) is 52.4 Å². The van der Waals surface area contributed by atoms with Gasteiger partial charge in [0.2, 0.25) is 0 Å². The molecule has 0 saturated heterocycles. The highest BCUT2D eigenvalue weighted by Crippen LogP contribution is 2.58. The summed E-state index contributed by atoms with van der Waals surface area (Å²) in [5, 5.41) is 0.685. The maximum Gasteiger partial charge on any atom is 0.332 e. The molecule has 1 unspecified atom stereocenters. The summed E-state index contributed by atoms with van der Waals surface area (Å²) in [4.78, 5) is 0. The third-order valence-electron chi connectivity index (χ3n) is 4.95. The Hall–Kier alpha value is -1.61. The molecular formula is C23H31O4P. The largest absolute Gasteiger partial charge is 0.436 e. The van der Waals surface area contributed by atoms with Crippen molar-refractivity contribution in [3.8, 4) is 16.9 Å². The van der Waals surface area contributed by atoms with Gasteiger partial charge in [-0.05, 0) is 30.5 Å². The Morgan fingerprint density at radius 2 is 1.39 bits per heavy atom.